The van der Waals surface area contributed by atoms with E-state index in [2.05, 4.69) is 5.32 Å². The van der Waals surface area contributed by atoms with Crippen LogP contribution in [0.25, 0.3) is 12.2 Å². The summed E-state index contributed by atoms with van der Waals surface area (Å²) in [6.07, 6.45) is 3.98. The molecule has 0 saturated heterocycles. The summed E-state index contributed by atoms with van der Waals surface area (Å²) in [7, 11) is 0. The third kappa shape index (κ3) is 4.27. The van der Waals surface area contributed by atoms with Crippen molar-refractivity contribution in [2.45, 2.75) is 6.04 Å². The summed E-state index contributed by atoms with van der Waals surface area (Å²) in [5.74, 6) is -0.624. The van der Waals surface area contributed by atoms with E-state index in [4.69, 9.17) is 5.73 Å². The molecule has 0 saturated carbocycles. The summed E-state index contributed by atoms with van der Waals surface area (Å²) in [6.45, 7) is -0.151. The average molecular weight is 420 g/mol. The zero-order valence-corrected chi connectivity index (χ0v) is 17.0. The summed E-state index contributed by atoms with van der Waals surface area (Å²) in [6, 6.07) is 23.6. The molecule has 0 bridgehead atoms. The van der Waals surface area contributed by atoms with E-state index in [1.165, 1.54) is 0 Å². The van der Waals surface area contributed by atoms with Gasteiger partial charge in [0.05, 0.1) is 17.9 Å². The predicted molar refractivity (Wildman–Crippen MR) is 123 cm³/mol. The highest BCUT2D eigenvalue weighted by atomic mass is 35.5. The van der Waals surface area contributed by atoms with Crippen molar-refractivity contribution in [2.24, 2.45) is 5.73 Å². The maximum absolute atomic E-state index is 13.2. The molecular formula is C24H22ClN3O2. The molecule has 3 aromatic carbocycles. The number of hydrogen-bond donors (Lipinski definition) is 2. The van der Waals surface area contributed by atoms with E-state index in [0.29, 0.717) is 5.56 Å². The predicted octanol–water partition coefficient (Wildman–Crippen LogP) is 4.07. The second kappa shape index (κ2) is 9.39. The molecule has 6 heteroatoms. The summed E-state index contributed by atoms with van der Waals surface area (Å²) in [4.78, 5) is 27.3. The van der Waals surface area contributed by atoms with Crippen molar-refractivity contribution in [3.63, 3.8) is 0 Å². The molecule has 1 atom stereocenters. The number of nitrogens with two attached hydrogens (primary N) is 1. The highest BCUT2D eigenvalue weighted by Gasteiger charge is 2.25. The number of rotatable bonds is 4. The molecule has 3 aromatic rings. The van der Waals surface area contributed by atoms with Crippen molar-refractivity contribution < 1.29 is 9.59 Å². The van der Waals surface area contributed by atoms with Gasteiger partial charge in [-0.3, -0.25) is 14.5 Å². The van der Waals surface area contributed by atoms with Crippen LogP contribution in [0.3, 0.4) is 0 Å². The van der Waals surface area contributed by atoms with Crippen molar-refractivity contribution in [1.29, 1.82) is 0 Å². The highest BCUT2D eigenvalue weighted by molar-refractivity contribution is 6.07. The number of benzene rings is 3. The van der Waals surface area contributed by atoms with Gasteiger partial charge in [-0.05, 0) is 28.8 Å². The monoisotopic (exact) mass is 419 g/mol. The first-order valence-corrected chi connectivity index (χ1v) is 9.42. The Bertz CT molecular complexity index is 1030. The maximum Gasteiger partial charge on any atom is 0.250 e. The minimum atomic E-state index is -0.825. The van der Waals surface area contributed by atoms with Gasteiger partial charge in [0, 0.05) is 0 Å². The van der Waals surface area contributed by atoms with E-state index in [-0.39, 0.29) is 30.8 Å². The number of halogens is 1. The van der Waals surface area contributed by atoms with Gasteiger partial charge in [0.25, 0.3) is 5.91 Å². The van der Waals surface area contributed by atoms with Gasteiger partial charge in [-0.1, -0.05) is 78.9 Å². The van der Waals surface area contributed by atoms with Crippen LogP contribution in [0.15, 0.2) is 78.9 Å². The largest absolute Gasteiger partial charge is 0.345 e. The van der Waals surface area contributed by atoms with Crippen LogP contribution in [0.2, 0.25) is 0 Å². The van der Waals surface area contributed by atoms with E-state index >= 15 is 0 Å². The topological polar surface area (TPSA) is 75.4 Å². The molecule has 152 valence electrons. The van der Waals surface area contributed by atoms with E-state index in [0.717, 1.165) is 22.5 Å². The van der Waals surface area contributed by atoms with Crippen LogP contribution in [0.5, 0.6) is 0 Å². The zero-order valence-electron chi connectivity index (χ0n) is 16.2. The number of nitrogens with zero attached hydrogens (tertiary/aromatic N) is 1. The smallest absolute Gasteiger partial charge is 0.250 e. The Balaban J connectivity index is 0.00000256. The molecule has 0 fully saturated rings. The summed E-state index contributed by atoms with van der Waals surface area (Å²) in [5.41, 5.74) is 10.2. The number of para-hydroxylation sites is 2. The number of carbonyl (C=O) groups is 2. The molecule has 1 aliphatic heterocycles. The zero-order chi connectivity index (χ0) is 20.2. The van der Waals surface area contributed by atoms with Gasteiger partial charge < -0.3 is 11.1 Å². The Hall–Kier alpha value is -3.41. The van der Waals surface area contributed by atoms with E-state index in [1.807, 2.05) is 78.9 Å². The normalized spacial score (nSPS) is 12.6. The second-order valence-corrected chi connectivity index (χ2v) is 6.79. The minimum Gasteiger partial charge on any atom is -0.345 e. The molecule has 5 nitrogen and oxygen atoms in total. The number of amides is 2. The molecule has 1 heterocycles. The van der Waals surface area contributed by atoms with Crippen LogP contribution >= 0.6 is 12.4 Å². The number of anilines is 2. The fraction of sp³-hybridized carbons (Fsp3) is 0.0833. The number of fused-ring (bicyclic) bond motifs is 2. The van der Waals surface area contributed by atoms with Gasteiger partial charge in [-0.25, -0.2) is 0 Å². The summed E-state index contributed by atoms with van der Waals surface area (Å²) < 4.78 is 0. The van der Waals surface area contributed by atoms with Crippen molar-refractivity contribution in [1.82, 2.24) is 5.32 Å². The van der Waals surface area contributed by atoms with Crippen molar-refractivity contribution in [3.8, 4) is 0 Å². The minimum absolute atomic E-state index is 0. The van der Waals surface area contributed by atoms with E-state index in [1.54, 1.807) is 17.0 Å². The Labute approximate surface area is 181 Å². The first-order valence-electron chi connectivity index (χ1n) is 9.42. The standard InChI is InChI=1S/C24H21N3O2.ClH/c25-23(19-10-2-1-3-11-19)24(29)26-16-22(28)27-20-12-6-4-8-17(20)14-15-18-9-5-7-13-21(18)27;/h1-15,23H,16,25H2,(H,26,29);1H/t23-;/m0./s1. The molecule has 0 aromatic heterocycles. The quantitative estimate of drug-likeness (QED) is 0.669. The van der Waals surface area contributed by atoms with Gasteiger partial charge in [-0.15, -0.1) is 12.4 Å². The molecule has 30 heavy (non-hydrogen) atoms. The van der Waals surface area contributed by atoms with Crippen LogP contribution in [-0.2, 0) is 9.59 Å². The van der Waals surface area contributed by atoms with E-state index in [9.17, 15) is 9.59 Å². The molecule has 0 radical (unpaired) electrons. The Morgan fingerprint density at radius 2 is 1.30 bits per heavy atom. The average Bonchev–Trinajstić information content (AvgIpc) is 2.94. The van der Waals surface area contributed by atoms with Crippen LogP contribution in [-0.4, -0.2) is 18.4 Å². The molecule has 0 unspecified atom stereocenters. The third-order valence-electron chi connectivity index (χ3n) is 4.90. The SMILES string of the molecule is Cl.N[C@H](C(=O)NCC(=O)N1c2ccccc2C=Cc2ccccc21)c1ccccc1. The van der Waals surface area contributed by atoms with Crippen molar-refractivity contribution in [2.75, 3.05) is 11.4 Å². The van der Waals surface area contributed by atoms with E-state index < -0.39 is 6.04 Å². The highest BCUT2D eigenvalue weighted by Crippen LogP contribution is 2.36. The molecule has 4 rings (SSSR count). The van der Waals surface area contributed by atoms with Gasteiger partial charge in [-0.2, -0.15) is 0 Å². The van der Waals surface area contributed by atoms with Crippen molar-refractivity contribution in [3.05, 3.63) is 95.6 Å². The number of nitrogens with one attached hydrogen (secondary N) is 1. The summed E-state index contributed by atoms with van der Waals surface area (Å²) in [5, 5.41) is 2.68. The van der Waals surface area contributed by atoms with Crippen LogP contribution < -0.4 is 16.0 Å². The molecular weight excluding hydrogens is 398 g/mol. The molecule has 1 aliphatic rings. The Morgan fingerprint density at radius 3 is 1.87 bits per heavy atom. The fourth-order valence-electron chi connectivity index (χ4n) is 3.41. The molecule has 2 amide bonds. The van der Waals surface area contributed by atoms with Crippen LogP contribution in [0.4, 0.5) is 11.4 Å². The number of hydrogen-bond acceptors (Lipinski definition) is 3. The first-order chi connectivity index (χ1) is 14.1. The van der Waals surface area contributed by atoms with Gasteiger partial charge in [0.2, 0.25) is 5.91 Å². The lowest BCUT2D eigenvalue weighted by atomic mass is 10.1. The Kier molecular flexibility index (Phi) is 6.67. The lowest BCUT2D eigenvalue weighted by Gasteiger charge is -2.25. The Morgan fingerprint density at radius 1 is 0.800 bits per heavy atom. The third-order valence-corrected chi connectivity index (χ3v) is 4.90. The molecule has 0 spiro atoms. The lowest BCUT2D eigenvalue weighted by Crippen LogP contribution is -2.41. The van der Waals surface area contributed by atoms with Gasteiger partial charge in [0.15, 0.2) is 0 Å². The van der Waals surface area contributed by atoms with Crippen LogP contribution in [0, 0.1) is 0 Å². The van der Waals surface area contributed by atoms with Crippen LogP contribution in [0.1, 0.15) is 22.7 Å². The summed E-state index contributed by atoms with van der Waals surface area (Å²) >= 11 is 0. The molecule has 0 aliphatic carbocycles. The maximum atomic E-state index is 13.2. The number of carbonyl (C=O) groups excluding carboxylic acids is 2. The lowest BCUT2D eigenvalue weighted by molar-refractivity contribution is -0.125. The van der Waals surface area contributed by atoms with Gasteiger partial charge in [0.1, 0.15) is 6.04 Å². The fourth-order valence-corrected chi connectivity index (χ4v) is 3.41. The first kappa shape index (κ1) is 21.3. The van der Waals surface area contributed by atoms with Gasteiger partial charge >= 0.3 is 0 Å². The van der Waals surface area contributed by atoms with Crippen molar-refractivity contribution >= 4 is 47.7 Å². The second-order valence-electron chi connectivity index (χ2n) is 6.79. The molecule has 3 N–H and O–H groups in total.